The molecule has 1 aromatic carbocycles. The Morgan fingerprint density at radius 1 is 1.11 bits per heavy atom. The summed E-state index contributed by atoms with van der Waals surface area (Å²) in [7, 11) is 0. The first kappa shape index (κ1) is 11.7. The molecule has 18 heavy (non-hydrogen) atoms. The van der Waals surface area contributed by atoms with E-state index in [0.29, 0.717) is 24.5 Å². The molecule has 2 aliphatic heterocycles. The molecule has 0 radical (unpaired) electrons. The molecule has 3 nitrogen and oxygen atoms in total. The van der Waals surface area contributed by atoms with Gasteiger partial charge >= 0.3 is 0 Å². The van der Waals surface area contributed by atoms with E-state index in [-0.39, 0.29) is 0 Å². The first-order valence-corrected chi connectivity index (χ1v) is 6.78. The van der Waals surface area contributed by atoms with Crippen molar-refractivity contribution in [2.45, 2.75) is 37.8 Å². The Kier molecular flexibility index (Phi) is 3.33. The molecule has 0 amide bonds. The molecule has 0 saturated carbocycles. The molecule has 1 aromatic rings. The van der Waals surface area contributed by atoms with Gasteiger partial charge in [-0.3, -0.25) is 9.69 Å². The van der Waals surface area contributed by atoms with Crippen LogP contribution in [0.4, 0.5) is 0 Å². The number of hydrogen-bond donors (Lipinski definition) is 0. The highest BCUT2D eigenvalue weighted by Gasteiger charge is 2.39. The van der Waals surface area contributed by atoms with E-state index in [4.69, 9.17) is 4.74 Å². The van der Waals surface area contributed by atoms with Gasteiger partial charge in [0.1, 0.15) is 18.1 Å². The van der Waals surface area contributed by atoms with E-state index in [0.717, 1.165) is 25.1 Å². The van der Waals surface area contributed by atoms with Crippen molar-refractivity contribution in [3.63, 3.8) is 0 Å². The summed E-state index contributed by atoms with van der Waals surface area (Å²) in [4.78, 5) is 14.0. The van der Waals surface area contributed by atoms with E-state index >= 15 is 0 Å². The molecule has 3 rings (SSSR count). The fourth-order valence-electron chi connectivity index (χ4n) is 3.21. The number of benzene rings is 1. The molecule has 3 heteroatoms. The Labute approximate surface area is 108 Å². The van der Waals surface area contributed by atoms with Gasteiger partial charge in [-0.2, -0.15) is 0 Å². The summed E-state index contributed by atoms with van der Waals surface area (Å²) < 4.78 is 5.73. The largest absolute Gasteiger partial charge is 0.492 e. The van der Waals surface area contributed by atoms with Crippen LogP contribution in [0.15, 0.2) is 30.3 Å². The number of hydrogen-bond acceptors (Lipinski definition) is 3. The van der Waals surface area contributed by atoms with Crippen LogP contribution < -0.4 is 4.74 Å². The van der Waals surface area contributed by atoms with Crippen LogP contribution in [0.2, 0.25) is 0 Å². The van der Waals surface area contributed by atoms with E-state index < -0.39 is 0 Å². The van der Waals surface area contributed by atoms with Gasteiger partial charge in [0.25, 0.3) is 0 Å². The van der Waals surface area contributed by atoms with E-state index in [2.05, 4.69) is 4.90 Å². The zero-order valence-electron chi connectivity index (χ0n) is 10.5. The number of ketones is 1. The van der Waals surface area contributed by atoms with Crippen LogP contribution in [0.25, 0.3) is 0 Å². The van der Waals surface area contributed by atoms with Gasteiger partial charge in [0.15, 0.2) is 0 Å². The number of ether oxygens (including phenoxy) is 1. The highest BCUT2D eigenvalue weighted by molar-refractivity contribution is 5.80. The minimum absolute atomic E-state index is 0.447. The molecule has 0 aliphatic carbocycles. The molecule has 0 aromatic heterocycles. The molecule has 2 fully saturated rings. The minimum atomic E-state index is 0.447. The van der Waals surface area contributed by atoms with Crippen molar-refractivity contribution >= 4 is 5.78 Å². The maximum Gasteiger partial charge on any atom is 0.136 e. The normalized spacial score (nSPS) is 27.4. The van der Waals surface area contributed by atoms with Crippen molar-refractivity contribution < 1.29 is 9.53 Å². The van der Waals surface area contributed by atoms with Crippen molar-refractivity contribution in [3.8, 4) is 5.75 Å². The summed E-state index contributed by atoms with van der Waals surface area (Å²) in [6.45, 7) is 1.66. The van der Waals surface area contributed by atoms with Crippen LogP contribution in [0.3, 0.4) is 0 Å². The van der Waals surface area contributed by atoms with Crippen LogP contribution in [-0.2, 0) is 4.79 Å². The molecule has 0 spiro atoms. The van der Waals surface area contributed by atoms with Gasteiger partial charge in [0, 0.05) is 31.5 Å². The molecule has 96 valence electrons. The lowest BCUT2D eigenvalue weighted by Crippen LogP contribution is -2.44. The molecule has 2 unspecified atom stereocenters. The van der Waals surface area contributed by atoms with Crippen LogP contribution >= 0.6 is 0 Å². The number of fused-ring (bicyclic) bond motifs is 2. The van der Waals surface area contributed by atoms with Gasteiger partial charge in [0.05, 0.1) is 0 Å². The van der Waals surface area contributed by atoms with E-state index in [1.807, 2.05) is 30.3 Å². The summed E-state index contributed by atoms with van der Waals surface area (Å²) in [5, 5.41) is 0. The Morgan fingerprint density at radius 2 is 1.78 bits per heavy atom. The topological polar surface area (TPSA) is 29.5 Å². The van der Waals surface area contributed by atoms with Crippen molar-refractivity contribution in [3.05, 3.63) is 30.3 Å². The second kappa shape index (κ2) is 5.11. The third-order valence-corrected chi connectivity index (χ3v) is 4.06. The zero-order valence-corrected chi connectivity index (χ0v) is 10.5. The average Bonchev–Trinajstić information content (AvgIpc) is 2.63. The zero-order chi connectivity index (χ0) is 12.4. The van der Waals surface area contributed by atoms with Gasteiger partial charge in [-0.25, -0.2) is 0 Å². The second-order valence-electron chi connectivity index (χ2n) is 5.23. The van der Waals surface area contributed by atoms with E-state index in [1.165, 1.54) is 12.8 Å². The molecule has 2 saturated heterocycles. The molecule has 2 atom stereocenters. The number of para-hydroxylation sites is 1. The fourth-order valence-corrected chi connectivity index (χ4v) is 3.21. The molecular formula is C15H19NO2. The number of nitrogens with zero attached hydrogens (tertiary/aromatic N) is 1. The molecule has 0 N–H and O–H groups in total. The first-order valence-electron chi connectivity index (χ1n) is 6.78. The highest BCUT2D eigenvalue weighted by atomic mass is 16.5. The molecular weight excluding hydrogens is 226 g/mol. The SMILES string of the molecule is O=C1CC2CCC(C1)N2CCOc1ccccc1. The standard InChI is InChI=1S/C15H19NO2/c17-14-10-12-6-7-13(11-14)16(12)8-9-18-15-4-2-1-3-5-15/h1-5,12-13H,6-11H2. The number of rotatable bonds is 4. The lowest BCUT2D eigenvalue weighted by molar-refractivity contribution is -0.123. The molecule has 2 aliphatic rings. The Hall–Kier alpha value is -1.35. The number of carbonyl (C=O) groups is 1. The van der Waals surface area contributed by atoms with E-state index in [9.17, 15) is 4.79 Å². The average molecular weight is 245 g/mol. The van der Waals surface area contributed by atoms with Crippen LogP contribution in [-0.4, -0.2) is 35.9 Å². The Balaban J connectivity index is 1.51. The van der Waals surface area contributed by atoms with Crippen LogP contribution in [0.5, 0.6) is 5.75 Å². The van der Waals surface area contributed by atoms with Crippen molar-refractivity contribution in [2.75, 3.05) is 13.2 Å². The maximum absolute atomic E-state index is 11.5. The molecule has 2 heterocycles. The lowest BCUT2D eigenvalue weighted by atomic mass is 10.0. The number of Topliss-reactive ketones (excluding diaryl/α,β-unsaturated/α-hetero) is 1. The summed E-state index contributed by atoms with van der Waals surface area (Å²) in [5.41, 5.74) is 0. The maximum atomic E-state index is 11.5. The van der Waals surface area contributed by atoms with Crippen molar-refractivity contribution in [2.24, 2.45) is 0 Å². The quantitative estimate of drug-likeness (QED) is 0.815. The Morgan fingerprint density at radius 3 is 2.44 bits per heavy atom. The Bertz CT molecular complexity index is 402. The molecule has 2 bridgehead atoms. The number of carbonyl (C=O) groups excluding carboxylic acids is 1. The third-order valence-electron chi connectivity index (χ3n) is 4.06. The van der Waals surface area contributed by atoms with Crippen molar-refractivity contribution in [1.29, 1.82) is 0 Å². The third kappa shape index (κ3) is 2.41. The number of piperidine rings is 1. The van der Waals surface area contributed by atoms with Crippen LogP contribution in [0.1, 0.15) is 25.7 Å². The van der Waals surface area contributed by atoms with Crippen molar-refractivity contribution in [1.82, 2.24) is 4.90 Å². The van der Waals surface area contributed by atoms with Gasteiger partial charge in [-0.1, -0.05) is 18.2 Å². The second-order valence-corrected chi connectivity index (χ2v) is 5.23. The van der Waals surface area contributed by atoms with Gasteiger partial charge in [-0.05, 0) is 25.0 Å². The predicted octanol–water partition coefficient (Wildman–Crippen LogP) is 2.26. The summed E-state index contributed by atoms with van der Waals surface area (Å²) in [5.74, 6) is 1.38. The monoisotopic (exact) mass is 245 g/mol. The lowest BCUT2D eigenvalue weighted by Gasteiger charge is -2.33. The first-order chi connectivity index (χ1) is 8.83. The van der Waals surface area contributed by atoms with Gasteiger partial charge in [-0.15, -0.1) is 0 Å². The summed E-state index contributed by atoms with van der Waals surface area (Å²) in [6, 6.07) is 10.9. The highest BCUT2D eigenvalue weighted by Crippen LogP contribution is 2.33. The summed E-state index contributed by atoms with van der Waals surface area (Å²) in [6.07, 6.45) is 3.87. The van der Waals surface area contributed by atoms with Crippen LogP contribution in [0, 0.1) is 0 Å². The smallest absolute Gasteiger partial charge is 0.136 e. The van der Waals surface area contributed by atoms with E-state index in [1.54, 1.807) is 0 Å². The summed E-state index contributed by atoms with van der Waals surface area (Å²) >= 11 is 0. The van der Waals surface area contributed by atoms with Gasteiger partial charge < -0.3 is 4.74 Å². The van der Waals surface area contributed by atoms with Gasteiger partial charge in [0.2, 0.25) is 0 Å². The minimum Gasteiger partial charge on any atom is -0.492 e. The fraction of sp³-hybridized carbons (Fsp3) is 0.533. The predicted molar refractivity (Wildman–Crippen MR) is 69.7 cm³/mol.